The molecule has 1 heterocycles. The summed E-state index contributed by atoms with van der Waals surface area (Å²) in [5, 5.41) is 2.86. The van der Waals surface area contributed by atoms with Gasteiger partial charge in [0.1, 0.15) is 18.1 Å². The monoisotopic (exact) mass is 348 g/mol. The summed E-state index contributed by atoms with van der Waals surface area (Å²) in [6.07, 6.45) is 1.59. The van der Waals surface area contributed by atoms with Gasteiger partial charge in [-0.3, -0.25) is 4.79 Å². The van der Waals surface area contributed by atoms with Crippen LogP contribution in [0, 0.1) is 6.92 Å². The van der Waals surface area contributed by atoms with Crippen molar-refractivity contribution in [3.05, 3.63) is 58.3 Å². The third-order valence-electron chi connectivity index (χ3n) is 2.87. The minimum absolute atomic E-state index is 0.118. The quantitative estimate of drug-likeness (QED) is 0.901. The Balaban J connectivity index is 1.87. The molecule has 0 fully saturated rings. The first-order valence-electron chi connectivity index (χ1n) is 6.67. The Bertz CT molecular complexity index is 614. The number of aryl methyl sites for hydroxylation is 1. The van der Waals surface area contributed by atoms with Crippen LogP contribution in [0.15, 0.2) is 47.1 Å². The van der Waals surface area contributed by atoms with E-state index in [0.29, 0.717) is 16.8 Å². The second-order valence-corrected chi connectivity index (χ2v) is 5.69. The number of nitrogens with one attached hydrogen (secondary N) is 1. The van der Waals surface area contributed by atoms with Crippen LogP contribution in [0.5, 0.6) is 5.75 Å². The minimum atomic E-state index is -0.220. The number of amides is 1. The lowest BCUT2D eigenvalue weighted by molar-refractivity contribution is 0.0921. The number of nitrogens with zero attached hydrogens (tertiary/aromatic N) is 1. The molecule has 21 heavy (non-hydrogen) atoms. The highest BCUT2D eigenvalue weighted by atomic mass is 79.9. The molecule has 0 aliphatic heterocycles. The predicted octanol–water partition coefficient (Wildman–Crippen LogP) is 3.35. The number of aromatic nitrogens is 1. The molecule has 1 atom stereocenters. The van der Waals surface area contributed by atoms with Crippen LogP contribution >= 0.6 is 15.9 Å². The molecule has 1 aromatic heterocycles. The highest BCUT2D eigenvalue weighted by Gasteiger charge is 2.14. The molecule has 5 heteroatoms. The van der Waals surface area contributed by atoms with E-state index in [2.05, 4.69) is 26.2 Å². The predicted molar refractivity (Wildman–Crippen MR) is 85.5 cm³/mol. The molecule has 0 aliphatic carbocycles. The van der Waals surface area contributed by atoms with E-state index in [1.54, 1.807) is 18.3 Å². The maximum atomic E-state index is 12.1. The highest BCUT2D eigenvalue weighted by Crippen LogP contribution is 2.14. The minimum Gasteiger partial charge on any atom is -0.491 e. The molecule has 0 spiro atoms. The zero-order valence-electron chi connectivity index (χ0n) is 12.0. The van der Waals surface area contributed by atoms with E-state index < -0.39 is 0 Å². The van der Waals surface area contributed by atoms with Crippen molar-refractivity contribution >= 4 is 21.8 Å². The lowest BCUT2D eigenvalue weighted by Crippen LogP contribution is -2.37. The van der Waals surface area contributed by atoms with Crippen LogP contribution in [0.1, 0.15) is 23.0 Å². The summed E-state index contributed by atoms with van der Waals surface area (Å²) in [5.41, 5.74) is 1.56. The van der Waals surface area contributed by atoms with Crippen molar-refractivity contribution < 1.29 is 9.53 Å². The third kappa shape index (κ3) is 4.56. The number of carbonyl (C=O) groups excluding carboxylic acids is 1. The lowest BCUT2D eigenvalue weighted by Gasteiger charge is -2.15. The van der Waals surface area contributed by atoms with Crippen molar-refractivity contribution in [2.24, 2.45) is 0 Å². The largest absolute Gasteiger partial charge is 0.491 e. The van der Waals surface area contributed by atoms with Crippen molar-refractivity contribution in [1.82, 2.24) is 10.3 Å². The number of halogens is 1. The van der Waals surface area contributed by atoms with Crippen molar-refractivity contribution in [2.75, 3.05) is 6.61 Å². The Morgan fingerprint density at radius 1 is 1.33 bits per heavy atom. The van der Waals surface area contributed by atoms with Gasteiger partial charge in [-0.2, -0.15) is 0 Å². The maximum Gasteiger partial charge on any atom is 0.271 e. The van der Waals surface area contributed by atoms with Crippen LogP contribution < -0.4 is 10.1 Å². The van der Waals surface area contributed by atoms with Crippen molar-refractivity contribution in [2.45, 2.75) is 19.9 Å². The van der Waals surface area contributed by atoms with Gasteiger partial charge in [0.05, 0.1) is 6.04 Å². The number of hydrogen-bond donors (Lipinski definition) is 1. The Hall–Kier alpha value is -1.88. The van der Waals surface area contributed by atoms with Gasteiger partial charge < -0.3 is 10.1 Å². The molecule has 1 unspecified atom stereocenters. The molecule has 0 saturated carbocycles. The number of pyridine rings is 1. The second-order valence-electron chi connectivity index (χ2n) is 4.83. The van der Waals surface area contributed by atoms with Gasteiger partial charge in [0.15, 0.2) is 0 Å². The van der Waals surface area contributed by atoms with Crippen LogP contribution in [0.3, 0.4) is 0 Å². The molecule has 1 N–H and O–H groups in total. The SMILES string of the molecule is Cc1ccc(OCC(C)NC(=O)c2ncccc2Br)cc1. The van der Waals surface area contributed by atoms with Gasteiger partial charge in [-0.15, -0.1) is 0 Å². The van der Waals surface area contributed by atoms with Crippen LogP contribution in [-0.4, -0.2) is 23.5 Å². The maximum absolute atomic E-state index is 12.1. The van der Waals surface area contributed by atoms with Crippen LogP contribution in [0.4, 0.5) is 0 Å². The molecule has 1 amide bonds. The molecule has 2 aromatic rings. The normalized spacial score (nSPS) is 11.8. The summed E-state index contributed by atoms with van der Waals surface area (Å²) in [6.45, 7) is 4.32. The first kappa shape index (κ1) is 15.5. The molecule has 110 valence electrons. The van der Waals surface area contributed by atoms with Gasteiger partial charge in [-0.1, -0.05) is 17.7 Å². The Labute approximate surface area is 132 Å². The Kier molecular flexibility index (Phi) is 5.33. The average molecular weight is 349 g/mol. The zero-order chi connectivity index (χ0) is 15.2. The highest BCUT2D eigenvalue weighted by molar-refractivity contribution is 9.10. The number of benzene rings is 1. The van der Waals surface area contributed by atoms with Gasteiger partial charge >= 0.3 is 0 Å². The first-order valence-corrected chi connectivity index (χ1v) is 7.46. The van der Waals surface area contributed by atoms with E-state index in [-0.39, 0.29) is 11.9 Å². The van der Waals surface area contributed by atoms with E-state index in [1.807, 2.05) is 38.1 Å². The topological polar surface area (TPSA) is 51.2 Å². The molecular formula is C16H17BrN2O2. The van der Waals surface area contributed by atoms with E-state index in [1.165, 1.54) is 5.56 Å². The molecule has 1 aromatic carbocycles. The number of ether oxygens (including phenoxy) is 1. The van der Waals surface area contributed by atoms with E-state index >= 15 is 0 Å². The molecule has 0 bridgehead atoms. The average Bonchev–Trinajstić information content (AvgIpc) is 2.47. The third-order valence-corrected chi connectivity index (χ3v) is 3.51. The summed E-state index contributed by atoms with van der Waals surface area (Å²) in [7, 11) is 0. The van der Waals surface area contributed by atoms with E-state index in [4.69, 9.17) is 4.74 Å². The number of carbonyl (C=O) groups is 1. The molecule has 0 aliphatic rings. The van der Waals surface area contributed by atoms with Gasteiger partial charge in [0.2, 0.25) is 0 Å². The van der Waals surface area contributed by atoms with E-state index in [0.717, 1.165) is 5.75 Å². The molecule has 0 saturated heterocycles. The summed E-state index contributed by atoms with van der Waals surface area (Å²) in [6, 6.07) is 11.2. The molecule has 0 radical (unpaired) electrons. The van der Waals surface area contributed by atoms with E-state index in [9.17, 15) is 4.79 Å². The summed E-state index contributed by atoms with van der Waals surface area (Å²) < 4.78 is 6.32. The van der Waals surface area contributed by atoms with Crippen LogP contribution in [0.2, 0.25) is 0 Å². The second kappa shape index (κ2) is 7.22. The van der Waals surface area contributed by atoms with Crippen LogP contribution in [-0.2, 0) is 0 Å². The summed E-state index contributed by atoms with van der Waals surface area (Å²) in [5.74, 6) is 0.572. The smallest absolute Gasteiger partial charge is 0.271 e. The fourth-order valence-electron chi connectivity index (χ4n) is 1.74. The molecular weight excluding hydrogens is 332 g/mol. The van der Waals surface area contributed by atoms with Crippen molar-refractivity contribution in [3.8, 4) is 5.75 Å². The van der Waals surface area contributed by atoms with Gasteiger partial charge in [-0.05, 0) is 54.0 Å². The summed E-state index contributed by atoms with van der Waals surface area (Å²) >= 11 is 3.31. The fraction of sp³-hybridized carbons (Fsp3) is 0.250. The number of rotatable bonds is 5. The first-order chi connectivity index (χ1) is 10.1. The van der Waals surface area contributed by atoms with Gasteiger partial charge in [0.25, 0.3) is 5.91 Å². The molecule has 4 nitrogen and oxygen atoms in total. The van der Waals surface area contributed by atoms with Crippen molar-refractivity contribution in [3.63, 3.8) is 0 Å². The molecule has 2 rings (SSSR count). The van der Waals surface area contributed by atoms with Crippen molar-refractivity contribution in [1.29, 1.82) is 0 Å². The van der Waals surface area contributed by atoms with Gasteiger partial charge in [0, 0.05) is 10.7 Å². The fourth-order valence-corrected chi connectivity index (χ4v) is 2.18. The Morgan fingerprint density at radius 2 is 2.05 bits per heavy atom. The number of hydrogen-bond acceptors (Lipinski definition) is 3. The zero-order valence-corrected chi connectivity index (χ0v) is 13.6. The lowest BCUT2D eigenvalue weighted by atomic mass is 10.2. The summed E-state index contributed by atoms with van der Waals surface area (Å²) in [4.78, 5) is 16.1. The standard InChI is InChI=1S/C16H17BrN2O2/c1-11-5-7-13(8-6-11)21-10-12(2)19-16(20)15-14(17)4-3-9-18-15/h3-9,12H,10H2,1-2H3,(H,19,20). The van der Waals surface area contributed by atoms with Crippen LogP contribution in [0.25, 0.3) is 0 Å². The van der Waals surface area contributed by atoms with Gasteiger partial charge in [-0.25, -0.2) is 4.98 Å². The Morgan fingerprint density at radius 3 is 2.71 bits per heavy atom.